The Bertz CT molecular complexity index is 980. The molecule has 9 nitrogen and oxygen atoms in total. The minimum Gasteiger partial charge on any atom is -0.497 e. The van der Waals surface area contributed by atoms with Crippen molar-refractivity contribution < 1.29 is 22.7 Å². The van der Waals surface area contributed by atoms with Gasteiger partial charge in [0.05, 0.1) is 36.4 Å². The van der Waals surface area contributed by atoms with E-state index in [1.807, 2.05) is 0 Å². The summed E-state index contributed by atoms with van der Waals surface area (Å²) < 4.78 is 32.2. The van der Waals surface area contributed by atoms with Crippen LogP contribution in [0.25, 0.3) is 0 Å². The van der Waals surface area contributed by atoms with Crippen LogP contribution in [-0.4, -0.2) is 56.3 Å². The predicted molar refractivity (Wildman–Crippen MR) is 110 cm³/mol. The molecule has 0 spiro atoms. The second-order valence-corrected chi connectivity index (χ2v) is 8.82. The Morgan fingerprint density at radius 2 is 2.00 bits per heavy atom. The van der Waals surface area contributed by atoms with Crippen LogP contribution >= 0.6 is 0 Å². The highest BCUT2D eigenvalue weighted by molar-refractivity contribution is 7.89. The number of pyridine rings is 1. The number of sulfonamides is 1. The Balaban J connectivity index is 1.56. The van der Waals surface area contributed by atoms with Crippen LogP contribution in [0.15, 0.2) is 53.7 Å². The molecule has 1 aromatic heterocycles. The number of carbonyl (C=O) groups excluding carboxylic acids is 2. The van der Waals surface area contributed by atoms with Crippen LogP contribution in [0.4, 0.5) is 5.69 Å². The Labute approximate surface area is 175 Å². The molecule has 2 heterocycles. The van der Waals surface area contributed by atoms with E-state index in [0.717, 1.165) is 0 Å². The van der Waals surface area contributed by atoms with Crippen molar-refractivity contribution in [1.82, 2.24) is 14.6 Å². The molecule has 1 aliphatic heterocycles. The number of nitrogens with zero attached hydrogens (tertiary/aromatic N) is 2. The van der Waals surface area contributed by atoms with Crippen molar-refractivity contribution >= 4 is 27.5 Å². The van der Waals surface area contributed by atoms with Gasteiger partial charge in [-0.1, -0.05) is 0 Å². The average molecular weight is 433 g/mol. The van der Waals surface area contributed by atoms with Gasteiger partial charge in [-0.25, -0.2) is 8.42 Å². The van der Waals surface area contributed by atoms with Gasteiger partial charge >= 0.3 is 0 Å². The summed E-state index contributed by atoms with van der Waals surface area (Å²) >= 11 is 0. The van der Waals surface area contributed by atoms with Gasteiger partial charge in [-0.2, -0.15) is 4.31 Å². The molecule has 30 heavy (non-hydrogen) atoms. The van der Waals surface area contributed by atoms with E-state index in [1.165, 1.54) is 29.7 Å². The predicted octanol–water partition coefficient (Wildman–Crippen LogP) is 1.25. The minimum absolute atomic E-state index is 0.0738. The fourth-order valence-electron chi connectivity index (χ4n) is 3.23. The third-order valence-corrected chi connectivity index (χ3v) is 6.70. The van der Waals surface area contributed by atoms with Gasteiger partial charge in [0, 0.05) is 19.3 Å². The Hall–Kier alpha value is -2.98. The molecule has 0 bridgehead atoms. The number of benzene rings is 1. The lowest BCUT2D eigenvalue weighted by molar-refractivity contribution is -0.128. The minimum atomic E-state index is -3.71. The zero-order chi connectivity index (χ0) is 21.6. The molecule has 0 unspecified atom stereocenters. The number of rotatable bonds is 7. The molecule has 1 aromatic carbocycles. The van der Waals surface area contributed by atoms with Gasteiger partial charge in [-0.15, -0.1) is 0 Å². The van der Waals surface area contributed by atoms with E-state index in [0.29, 0.717) is 30.8 Å². The highest BCUT2D eigenvalue weighted by Crippen LogP contribution is 2.25. The maximum atomic E-state index is 12.9. The van der Waals surface area contributed by atoms with Crippen molar-refractivity contribution in [1.29, 1.82) is 0 Å². The van der Waals surface area contributed by atoms with Crippen molar-refractivity contribution in [2.24, 2.45) is 5.92 Å². The molecule has 2 N–H and O–H groups in total. The zero-order valence-electron chi connectivity index (χ0n) is 16.6. The highest BCUT2D eigenvalue weighted by Gasteiger charge is 2.33. The molecule has 10 heteroatoms. The number of anilines is 1. The van der Waals surface area contributed by atoms with Crippen LogP contribution in [0, 0.1) is 5.92 Å². The topological polar surface area (TPSA) is 118 Å². The number of hydrogen-bond donors (Lipinski definition) is 2. The average Bonchev–Trinajstić information content (AvgIpc) is 2.78. The number of hydrogen-bond acceptors (Lipinski definition) is 6. The van der Waals surface area contributed by atoms with Gasteiger partial charge in [0.25, 0.3) is 0 Å². The van der Waals surface area contributed by atoms with E-state index in [9.17, 15) is 18.0 Å². The molecule has 1 fully saturated rings. The molecule has 2 amide bonds. The summed E-state index contributed by atoms with van der Waals surface area (Å²) in [6.07, 6.45) is 4.22. The summed E-state index contributed by atoms with van der Waals surface area (Å²) in [6.45, 7) is 0.222. The Kier molecular flexibility index (Phi) is 7.01. The maximum absolute atomic E-state index is 12.9. The quantitative estimate of drug-likeness (QED) is 0.680. The van der Waals surface area contributed by atoms with E-state index in [2.05, 4.69) is 15.6 Å². The lowest BCUT2D eigenvalue weighted by Gasteiger charge is -2.31. The molecular weight excluding hydrogens is 408 g/mol. The summed E-state index contributed by atoms with van der Waals surface area (Å²) in [4.78, 5) is 28.6. The number of carbonyl (C=O) groups is 2. The Morgan fingerprint density at radius 3 is 2.67 bits per heavy atom. The summed E-state index contributed by atoms with van der Waals surface area (Å²) in [7, 11) is -2.21. The first-order valence-electron chi connectivity index (χ1n) is 9.52. The van der Waals surface area contributed by atoms with E-state index in [1.54, 1.807) is 30.5 Å². The summed E-state index contributed by atoms with van der Waals surface area (Å²) in [5.74, 6) is -0.673. The molecule has 0 saturated carbocycles. The summed E-state index contributed by atoms with van der Waals surface area (Å²) in [5, 5.41) is 5.22. The van der Waals surface area contributed by atoms with Crippen LogP contribution in [0.5, 0.6) is 5.75 Å². The Morgan fingerprint density at radius 1 is 1.23 bits per heavy atom. The number of nitrogens with one attached hydrogen (secondary N) is 2. The van der Waals surface area contributed by atoms with Crippen molar-refractivity contribution in [3.63, 3.8) is 0 Å². The number of amides is 2. The molecule has 160 valence electrons. The van der Waals surface area contributed by atoms with E-state index >= 15 is 0 Å². The largest absolute Gasteiger partial charge is 0.497 e. The summed E-state index contributed by atoms with van der Waals surface area (Å²) in [6, 6.07) is 9.52. The monoisotopic (exact) mass is 432 g/mol. The van der Waals surface area contributed by atoms with Crippen LogP contribution in [0.2, 0.25) is 0 Å². The molecule has 2 aromatic rings. The number of aromatic nitrogens is 1. The lowest BCUT2D eigenvalue weighted by Crippen LogP contribution is -2.46. The fraction of sp³-hybridized carbons (Fsp3) is 0.350. The number of ether oxygens (including phenoxy) is 1. The van der Waals surface area contributed by atoms with Gasteiger partial charge in [-0.05, 0) is 49.2 Å². The van der Waals surface area contributed by atoms with Gasteiger partial charge in [0.2, 0.25) is 21.8 Å². The first-order valence-corrected chi connectivity index (χ1v) is 11.0. The first-order chi connectivity index (χ1) is 14.4. The van der Waals surface area contributed by atoms with Crippen LogP contribution in [0.3, 0.4) is 0 Å². The van der Waals surface area contributed by atoms with Gasteiger partial charge in [0.15, 0.2) is 0 Å². The molecule has 3 rings (SSSR count). The van der Waals surface area contributed by atoms with E-state index in [-0.39, 0.29) is 29.8 Å². The van der Waals surface area contributed by atoms with Crippen LogP contribution in [-0.2, 0) is 19.6 Å². The SMILES string of the molecule is COc1ccc(S(=O)(=O)N2CCC[C@@H](C(=O)NCC(=O)Nc3cccnc3)C2)cc1. The molecule has 1 aliphatic rings. The molecular formula is C20H24N4O5S. The van der Waals surface area contributed by atoms with Crippen molar-refractivity contribution in [2.45, 2.75) is 17.7 Å². The van der Waals surface area contributed by atoms with Gasteiger partial charge in [-0.3, -0.25) is 14.6 Å². The molecule has 1 atom stereocenters. The second-order valence-electron chi connectivity index (χ2n) is 6.89. The van der Waals surface area contributed by atoms with Crippen molar-refractivity contribution in [3.8, 4) is 5.75 Å². The first kappa shape index (κ1) is 21.7. The lowest BCUT2D eigenvalue weighted by atomic mass is 9.99. The van der Waals surface area contributed by atoms with E-state index < -0.39 is 15.9 Å². The van der Waals surface area contributed by atoms with Crippen LogP contribution in [0.1, 0.15) is 12.8 Å². The third kappa shape index (κ3) is 5.33. The van der Waals surface area contributed by atoms with Crippen molar-refractivity contribution in [2.75, 3.05) is 32.1 Å². The second kappa shape index (κ2) is 9.68. The summed E-state index contributed by atoms with van der Waals surface area (Å²) in [5.41, 5.74) is 0.533. The van der Waals surface area contributed by atoms with Gasteiger partial charge in [0.1, 0.15) is 5.75 Å². The van der Waals surface area contributed by atoms with E-state index in [4.69, 9.17) is 4.74 Å². The molecule has 0 radical (unpaired) electrons. The molecule has 0 aliphatic carbocycles. The fourth-order valence-corrected chi connectivity index (χ4v) is 4.75. The van der Waals surface area contributed by atoms with Crippen molar-refractivity contribution in [3.05, 3.63) is 48.8 Å². The smallest absolute Gasteiger partial charge is 0.243 e. The number of piperidine rings is 1. The maximum Gasteiger partial charge on any atom is 0.243 e. The number of methoxy groups -OCH3 is 1. The highest BCUT2D eigenvalue weighted by atomic mass is 32.2. The zero-order valence-corrected chi connectivity index (χ0v) is 17.4. The normalized spacial score (nSPS) is 17.2. The molecule has 1 saturated heterocycles. The van der Waals surface area contributed by atoms with Gasteiger partial charge < -0.3 is 15.4 Å². The standard InChI is InChI=1S/C20H24N4O5S/c1-29-17-6-8-18(9-7-17)30(27,28)24-11-3-4-15(14-24)20(26)22-13-19(25)23-16-5-2-10-21-12-16/h2,5-10,12,15H,3-4,11,13-14H2,1H3,(H,22,26)(H,23,25)/t15-/m1/s1. The third-order valence-electron chi connectivity index (χ3n) is 4.82. The van der Waals surface area contributed by atoms with Crippen LogP contribution < -0.4 is 15.4 Å².